The number of phenols is 1. The summed E-state index contributed by atoms with van der Waals surface area (Å²) < 4.78 is 5.22. The predicted octanol–water partition coefficient (Wildman–Crippen LogP) is 3.88. The van der Waals surface area contributed by atoms with Crippen LogP contribution >= 0.6 is 0 Å². The molecule has 2 rings (SSSR count). The molecule has 0 aliphatic carbocycles. The molecule has 4 heteroatoms. The third kappa shape index (κ3) is 2.43. The van der Waals surface area contributed by atoms with Crippen LogP contribution in [0, 0.1) is 0 Å². The number of hydrogen-bond acceptors (Lipinski definition) is 4. The maximum Gasteiger partial charge on any atom is 0.173 e. The van der Waals surface area contributed by atoms with Gasteiger partial charge in [-0.1, -0.05) is 45.0 Å². The van der Waals surface area contributed by atoms with Crippen molar-refractivity contribution in [3.8, 4) is 17.1 Å². The first-order valence-corrected chi connectivity index (χ1v) is 6.50. The van der Waals surface area contributed by atoms with Gasteiger partial charge in [-0.3, -0.25) is 0 Å². The Bertz CT molecular complexity index is 586. The molecule has 0 saturated carbocycles. The Morgan fingerprint density at radius 3 is 2.16 bits per heavy atom. The molecule has 19 heavy (non-hydrogen) atoms. The second-order valence-corrected chi connectivity index (χ2v) is 5.39. The molecule has 0 aliphatic rings. The third-order valence-electron chi connectivity index (χ3n) is 3.26. The molecule has 0 amide bonds. The van der Waals surface area contributed by atoms with Crippen LogP contribution < -0.4 is 5.73 Å². The van der Waals surface area contributed by atoms with Gasteiger partial charge >= 0.3 is 0 Å². The van der Waals surface area contributed by atoms with Crippen molar-refractivity contribution >= 4 is 5.82 Å². The monoisotopic (exact) mass is 260 g/mol. The normalized spacial score (nSPS) is 11.5. The summed E-state index contributed by atoms with van der Waals surface area (Å²) >= 11 is 0. The highest BCUT2D eigenvalue weighted by molar-refractivity contribution is 5.73. The number of aromatic nitrogens is 1. The Morgan fingerprint density at radius 1 is 1.11 bits per heavy atom. The Morgan fingerprint density at radius 2 is 1.68 bits per heavy atom. The summed E-state index contributed by atoms with van der Waals surface area (Å²) in [7, 11) is 0. The Labute approximate surface area is 113 Å². The van der Waals surface area contributed by atoms with Gasteiger partial charge in [-0.25, -0.2) is 0 Å². The first-order chi connectivity index (χ1) is 8.91. The molecule has 4 nitrogen and oxygen atoms in total. The van der Waals surface area contributed by atoms with E-state index in [1.807, 2.05) is 26.0 Å². The molecule has 102 valence electrons. The van der Waals surface area contributed by atoms with E-state index in [9.17, 15) is 5.11 Å². The molecule has 0 radical (unpaired) electrons. The van der Waals surface area contributed by atoms with Gasteiger partial charge in [0.25, 0.3) is 0 Å². The van der Waals surface area contributed by atoms with Crippen molar-refractivity contribution in [2.45, 2.75) is 39.5 Å². The van der Waals surface area contributed by atoms with E-state index < -0.39 is 0 Å². The zero-order valence-corrected chi connectivity index (χ0v) is 11.8. The second-order valence-electron chi connectivity index (χ2n) is 5.39. The fourth-order valence-corrected chi connectivity index (χ4v) is 2.24. The average Bonchev–Trinajstić information content (AvgIpc) is 2.74. The molecular formula is C15H20N2O2. The lowest BCUT2D eigenvalue weighted by Crippen LogP contribution is -1.97. The molecule has 0 unspecified atom stereocenters. The SMILES string of the molecule is CC(C)c1ccc(C(C)C)c(-c2cc(N)no2)c1O. The highest BCUT2D eigenvalue weighted by atomic mass is 16.5. The number of hydrogen-bond donors (Lipinski definition) is 2. The average molecular weight is 260 g/mol. The quantitative estimate of drug-likeness (QED) is 0.878. The summed E-state index contributed by atoms with van der Waals surface area (Å²) in [4.78, 5) is 0. The Balaban J connectivity index is 2.70. The Kier molecular flexibility index (Phi) is 3.51. The van der Waals surface area contributed by atoms with E-state index in [0.717, 1.165) is 11.1 Å². The van der Waals surface area contributed by atoms with Gasteiger partial charge in [0.05, 0.1) is 5.56 Å². The summed E-state index contributed by atoms with van der Waals surface area (Å²) in [5, 5.41) is 14.2. The minimum absolute atomic E-state index is 0.236. The smallest absolute Gasteiger partial charge is 0.173 e. The molecule has 0 aliphatic heterocycles. The number of benzene rings is 1. The van der Waals surface area contributed by atoms with Crippen LogP contribution in [-0.2, 0) is 0 Å². The highest BCUT2D eigenvalue weighted by Crippen LogP contribution is 2.41. The van der Waals surface area contributed by atoms with Crippen LogP contribution in [0.3, 0.4) is 0 Å². The van der Waals surface area contributed by atoms with Crippen LogP contribution in [0.2, 0.25) is 0 Å². The number of nitrogens with two attached hydrogens (primary N) is 1. The van der Waals surface area contributed by atoms with E-state index in [2.05, 4.69) is 19.0 Å². The minimum atomic E-state index is 0.236. The van der Waals surface area contributed by atoms with Crippen LogP contribution in [0.25, 0.3) is 11.3 Å². The summed E-state index contributed by atoms with van der Waals surface area (Å²) in [6.45, 7) is 8.24. The summed E-state index contributed by atoms with van der Waals surface area (Å²) in [5.41, 5.74) is 8.23. The van der Waals surface area contributed by atoms with Crippen molar-refractivity contribution in [3.05, 3.63) is 29.3 Å². The molecule has 0 fully saturated rings. The summed E-state index contributed by atoms with van der Waals surface area (Å²) in [5.74, 6) is 1.60. The predicted molar refractivity (Wildman–Crippen MR) is 76.2 cm³/mol. The van der Waals surface area contributed by atoms with Crippen LogP contribution in [0.4, 0.5) is 5.82 Å². The largest absolute Gasteiger partial charge is 0.507 e. The fraction of sp³-hybridized carbons (Fsp3) is 0.400. The number of phenolic OH excluding ortho intramolecular Hbond substituents is 1. The number of nitrogen functional groups attached to an aromatic ring is 1. The summed E-state index contributed by atoms with van der Waals surface area (Å²) in [6.07, 6.45) is 0. The summed E-state index contributed by atoms with van der Waals surface area (Å²) in [6, 6.07) is 5.65. The Hall–Kier alpha value is -1.97. The van der Waals surface area contributed by atoms with E-state index in [0.29, 0.717) is 17.1 Å². The molecule has 1 aromatic heterocycles. The van der Waals surface area contributed by atoms with Crippen LogP contribution in [0.15, 0.2) is 22.7 Å². The van der Waals surface area contributed by atoms with E-state index in [1.54, 1.807) is 6.07 Å². The molecule has 1 heterocycles. The molecule has 0 spiro atoms. The van der Waals surface area contributed by atoms with E-state index >= 15 is 0 Å². The standard InChI is InChI=1S/C15H20N2O2/c1-8(2)10-5-6-11(9(3)4)15(18)14(10)12-7-13(16)17-19-12/h5-9,18H,1-4H3,(H2,16,17). The van der Waals surface area contributed by atoms with Crippen molar-refractivity contribution in [2.75, 3.05) is 5.73 Å². The van der Waals surface area contributed by atoms with Crippen molar-refractivity contribution in [1.82, 2.24) is 5.16 Å². The zero-order valence-electron chi connectivity index (χ0n) is 11.8. The van der Waals surface area contributed by atoms with Crippen molar-refractivity contribution in [2.24, 2.45) is 0 Å². The van der Waals surface area contributed by atoms with Gasteiger partial charge in [0.15, 0.2) is 11.6 Å². The van der Waals surface area contributed by atoms with Crippen LogP contribution in [-0.4, -0.2) is 10.3 Å². The van der Waals surface area contributed by atoms with Crippen molar-refractivity contribution < 1.29 is 9.63 Å². The van der Waals surface area contributed by atoms with Gasteiger partial charge in [0.1, 0.15) is 5.75 Å². The van der Waals surface area contributed by atoms with E-state index in [4.69, 9.17) is 10.3 Å². The first-order valence-electron chi connectivity index (χ1n) is 6.50. The fourth-order valence-electron chi connectivity index (χ4n) is 2.24. The topological polar surface area (TPSA) is 72.3 Å². The van der Waals surface area contributed by atoms with Gasteiger partial charge < -0.3 is 15.4 Å². The number of aromatic hydroxyl groups is 1. The highest BCUT2D eigenvalue weighted by Gasteiger charge is 2.20. The zero-order chi connectivity index (χ0) is 14.2. The maximum atomic E-state index is 10.5. The molecular weight excluding hydrogens is 240 g/mol. The van der Waals surface area contributed by atoms with Crippen LogP contribution in [0.1, 0.15) is 50.7 Å². The van der Waals surface area contributed by atoms with Gasteiger partial charge in [0.2, 0.25) is 0 Å². The molecule has 0 bridgehead atoms. The maximum absolute atomic E-state index is 10.5. The van der Waals surface area contributed by atoms with Gasteiger partial charge in [-0.05, 0) is 23.0 Å². The van der Waals surface area contributed by atoms with Gasteiger partial charge in [-0.2, -0.15) is 0 Å². The molecule has 0 atom stereocenters. The van der Waals surface area contributed by atoms with Crippen molar-refractivity contribution in [1.29, 1.82) is 0 Å². The lowest BCUT2D eigenvalue weighted by atomic mass is 9.89. The second kappa shape index (κ2) is 4.96. The van der Waals surface area contributed by atoms with Gasteiger partial charge in [0, 0.05) is 6.07 Å². The molecule has 0 saturated heterocycles. The van der Waals surface area contributed by atoms with E-state index in [1.165, 1.54) is 0 Å². The molecule has 1 aromatic carbocycles. The third-order valence-corrected chi connectivity index (χ3v) is 3.26. The van der Waals surface area contributed by atoms with E-state index in [-0.39, 0.29) is 17.6 Å². The lowest BCUT2D eigenvalue weighted by Gasteiger charge is -2.17. The molecule has 3 N–H and O–H groups in total. The number of anilines is 1. The lowest BCUT2D eigenvalue weighted by molar-refractivity contribution is 0.426. The number of rotatable bonds is 3. The minimum Gasteiger partial charge on any atom is -0.507 e. The van der Waals surface area contributed by atoms with Crippen molar-refractivity contribution in [3.63, 3.8) is 0 Å². The van der Waals surface area contributed by atoms with Crippen LogP contribution in [0.5, 0.6) is 5.75 Å². The van der Waals surface area contributed by atoms with Gasteiger partial charge in [-0.15, -0.1) is 0 Å². The first kappa shape index (κ1) is 13.5. The molecule has 2 aromatic rings. The number of nitrogens with zero attached hydrogens (tertiary/aromatic N) is 1.